The average Bonchev–Trinajstić information content (AvgIpc) is 2.84. The summed E-state index contributed by atoms with van der Waals surface area (Å²) in [5, 5.41) is 11.7. The Bertz CT molecular complexity index is 1430. The minimum Gasteiger partial charge on any atom is -0.388 e. The van der Waals surface area contributed by atoms with Crippen LogP contribution in [0.2, 0.25) is 0 Å². The van der Waals surface area contributed by atoms with Gasteiger partial charge in [-0.25, -0.2) is 0 Å². The van der Waals surface area contributed by atoms with Crippen molar-refractivity contribution in [3.8, 4) is 0 Å². The van der Waals surface area contributed by atoms with E-state index in [9.17, 15) is 0 Å². The van der Waals surface area contributed by atoms with E-state index in [1.54, 1.807) is 0 Å². The first-order valence-corrected chi connectivity index (χ1v) is 11.2. The highest BCUT2D eigenvalue weighted by Crippen LogP contribution is 2.33. The van der Waals surface area contributed by atoms with Crippen molar-refractivity contribution in [2.75, 3.05) is 6.54 Å². The molecular weight excluding hydrogens is 374 g/mol. The number of benzene rings is 5. The third-order valence-corrected chi connectivity index (χ3v) is 6.69. The van der Waals surface area contributed by atoms with E-state index >= 15 is 0 Å². The van der Waals surface area contributed by atoms with Crippen LogP contribution in [0.1, 0.15) is 23.5 Å². The van der Waals surface area contributed by atoms with E-state index in [-0.39, 0.29) is 0 Å². The first kappa shape index (κ1) is 18.2. The van der Waals surface area contributed by atoms with E-state index in [0.717, 1.165) is 19.4 Å². The molecule has 6 rings (SSSR count). The number of rotatable bonds is 3. The minimum absolute atomic E-state index is 0.500. The van der Waals surface area contributed by atoms with E-state index in [4.69, 9.17) is 0 Å². The molecule has 0 bridgehead atoms. The Morgan fingerprint density at radius 3 is 2.26 bits per heavy atom. The Balaban J connectivity index is 1.43. The molecule has 1 nitrogen and oxygen atoms in total. The van der Waals surface area contributed by atoms with E-state index in [1.807, 2.05) is 0 Å². The molecule has 0 spiro atoms. The average molecular weight is 400 g/mol. The van der Waals surface area contributed by atoms with Gasteiger partial charge in [0.15, 0.2) is 0 Å². The SMILES string of the molecule is C1=C(Cc2cccc3c2ccc2c4ccccc4ccc32)NCCC1c1ccccc1. The van der Waals surface area contributed by atoms with Gasteiger partial charge in [-0.1, -0.05) is 103 Å². The second kappa shape index (κ2) is 7.59. The standard InChI is InChI=1S/C30H25N/c1-2-7-21(8-3-1)23-17-18-31-25(19-23)20-24-10-6-12-28-27(24)15-16-29-26-11-5-4-9-22(26)13-14-30(28)29/h1-16,19,23,31H,17-18,20H2. The van der Waals surface area contributed by atoms with Crippen LogP contribution >= 0.6 is 0 Å². The van der Waals surface area contributed by atoms with Gasteiger partial charge in [0.1, 0.15) is 0 Å². The zero-order chi connectivity index (χ0) is 20.6. The minimum atomic E-state index is 0.500. The van der Waals surface area contributed by atoms with Gasteiger partial charge in [0, 0.05) is 24.6 Å². The van der Waals surface area contributed by atoms with Gasteiger partial charge in [-0.2, -0.15) is 0 Å². The summed E-state index contributed by atoms with van der Waals surface area (Å²) in [6.45, 7) is 1.03. The van der Waals surface area contributed by atoms with Crippen LogP contribution in [0.5, 0.6) is 0 Å². The molecule has 1 N–H and O–H groups in total. The van der Waals surface area contributed by atoms with Crippen LogP contribution in [0.25, 0.3) is 32.3 Å². The topological polar surface area (TPSA) is 12.0 Å². The van der Waals surface area contributed by atoms with Crippen molar-refractivity contribution < 1.29 is 0 Å². The van der Waals surface area contributed by atoms with Gasteiger partial charge in [0.2, 0.25) is 0 Å². The van der Waals surface area contributed by atoms with Crippen molar-refractivity contribution in [2.24, 2.45) is 0 Å². The maximum Gasteiger partial charge on any atom is 0.0152 e. The van der Waals surface area contributed by atoms with Crippen molar-refractivity contribution in [1.82, 2.24) is 5.32 Å². The Morgan fingerprint density at radius 2 is 1.32 bits per heavy atom. The van der Waals surface area contributed by atoms with Gasteiger partial charge in [-0.05, 0) is 49.9 Å². The first-order valence-electron chi connectivity index (χ1n) is 11.2. The third kappa shape index (κ3) is 3.27. The highest BCUT2D eigenvalue weighted by atomic mass is 14.9. The summed E-state index contributed by atoms with van der Waals surface area (Å²) in [5.41, 5.74) is 4.14. The maximum atomic E-state index is 3.65. The van der Waals surface area contributed by atoms with E-state index in [1.165, 1.54) is 49.1 Å². The van der Waals surface area contributed by atoms with Crippen molar-refractivity contribution in [1.29, 1.82) is 0 Å². The molecule has 1 aliphatic rings. The molecule has 5 aromatic rings. The van der Waals surface area contributed by atoms with Crippen LogP contribution < -0.4 is 5.32 Å². The molecule has 1 aliphatic heterocycles. The highest BCUT2D eigenvalue weighted by molar-refractivity contribution is 6.17. The molecule has 31 heavy (non-hydrogen) atoms. The molecule has 0 saturated carbocycles. The maximum absolute atomic E-state index is 3.65. The van der Waals surface area contributed by atoms with Gasteiger partial charge in [0.05, 0.1) is 0 Å². The number of nitrogens with one attached hydrogen (secondary N) is 1. The summed E-state index contributed by atoms with van der Waals surface area (Å²) >= 11 is 0. The van der Waals surface area contributed by atoms with Crippen LogP contribution in [-0.4, -0.2) is 6.54 Å². The molecule has 1 heteroatoms. The van der Waals surface area contributed by atoms with Crippen LogP contribution in [-0.2, 0) is 6.42 Å². The molecule has 0 radical (unpaired) electrons. The van der Waals surface area contributed by atoms with Gasteiger partial charge >= 0.3 is 0 Å². The second-order valence-corrected chi connectivity index (χ2v) is 8.56. The van der Waals surface area contributed by atoms with Crippen molar-refractivity contribution in [3.05, 3.63) is 120 Å². The molecular formula is C30H25N. The quantitative estimate of drug-likeness (QED) is 0.313. The van der Waals surface area contributed by atoms with Gasteiger partial charge in [-0.15, -0.1) is 0 Å². The fourth-order valence-corrected chi connectivity index (χ4v) is 5.14. The molecule has 5 aromatic carbocycles. The van der Waals surface area contributed by atoms with E-state index in [2.05, 4.69) is 108 Å². The van der Waals surface area contributed by atoms with Crippen LogP contribution in [0.15, 0.2) is 109 Å². The Morgan fingerprint density at radius 1 is 0.613 bits per heavy atom. The summed E-state index contributed by atoms with van der Waals surface area (Å²) < 4.78 is 0. The molecule has 1 heterocycles. The number of fused-ring (bicyclic) bond motifs is 5. The van der Waals surface area contributed by atoms with Crippen LogP contribution in [0, 0.1) is 0 Å². The second-order valence-electron chi connectivity index (χ2n) is 8.56. The molecule has 0 aromatic heterocycles. The van der Waals surface area contributed by atoms with Gasteiger partial charge < -0.3 is 5.32 Å². The summed E-state index contributed by atoms with van der Waals surface area (Å²) in [5.74, 6) is 0.500. The first-order chi connectivity index (χ1) is 15.4. The summed E-state index contributed by atoms with van der Waals surface area (Å²) in [6.07, 6.45) is 4.53. The molecule has 0 fully saturated rings. The Labute approximate surface area is 183 Å². The lowest BCUT2D eigenvalue weighted by molar-refractivity contribution is 0.618. The molecule has 1 atom stereocenters. The highest BCUT2D eigenvalue weighted by Gasteiger charge is 2.16. The van der Waals surface area contributed by atoms with E-state index in [0.29, 0.717) is 5.92 Å². The number of allylic oxidation sites excluding steroid dienone is 2. The predicted molar refractivity (Wildman–Crippen MR) is 133 cm³/mol. The fraction of sp³-hybridized carbons (Fsp3) is 0.133. The zero-order valence-corrected chi connectivity index (χ0v) is 17.5. The lowest BCUT2D eigenvalue weighted by Gasteiger charge is -2.24. The molecule has 0 amide bonds. The van der Waals surface area contributed by atoms with Gasteiger partial charge in [-0.3, -0.25) is 0 Å². The van der Waals surface area contributed by atoms with Crippen molar-refractivity contribution >= 4 is 32.3 Å². The molecule has 150 valence electrons. The summed E-state index contributed by atoms with van der Waals surface area (Å²) in [6, 6.07) is 35.5. The monoisotopic (exact) mass is 399 g/mol. The van der Waals surface area contributed by atoms with Crippen molar-refractivity contribution in [2.45, 2.75) is 18.8 Å². The van der Waals surface area contributed by atoms with Crippen molar-refractivity contribution in [3.63, 3.8) is 0 Å². The summed E-state index contributed by atoms with van der Waals surface area (Å²) in [4.78, 5) is 0. The molecule has 0 aliphatic carbocycles. The molecule has 0 saturated heterocycles. The lowest BCUT2D eigenvalue weighted by Crippen LogP contribution is -2.24. The van der Waals surface area contributed by atoms with Crippen LogP contribution in [0.4, 0.5) is 0 Å². The van der Waals surface area contributed by atoms with Gasteiger partial charge in [0.25, 0.3) is 0 Å². The fourth-order valence-electron chi connectivity index (χ4n) is 5.14. The zero-order valence-electron chi connectivity index (χ0n) is 17.5. The van der Waals surface area contributed by atoms with E-state index < -0.39 is 0 Å². The predicted octanol–water partition coefficient (Wildman–Crippen LogP) is 7.35. The normalized spacial score (nSPS) is 16.4. The number of hydrogen-bond donors (Lipinski definition) is 1. The Kier molecular flexibility index (Phi) is 4.46. The largest absolute Gasteiger partial charge is 0.388 e. The van der Waals surface area contributed by atoms with Crippen LogP contribution in [0.3, 0.4) is 0 Å². The smallest absolute Gasteiger partial charge is 0.0152 e. The summed E-state index contributed by atoms with van der Waals surface area (Å²) in [7, 11) is 0. The third-order valence-electron chi connectivity index (χ3n) is 6.69. The lowest BCUT2D eigenvalue weighted by atomic mass is 9.90. The number of hydrogen-bond acceptors (Lipinski definition) is 1. The Hall–Kier alpha value is -3.58. The molecule has 1 unspecified atom stereocenters.